The predicted octanol–water partition coefficient (Wildman–Crippen LogP) is 3.48. The first-order chi connectivity index (χ1) is 12.0. The SMILES string of the molecule is CCNC(=NCc1ccc(NC(=O)C(C)C)cc1)N1CCCC(C)C1. The van der Waals surface area contributed by atoms with Crippen molar-refractivity contribution in [1.82, 2.24) is 10.2 Å². The van der Waals surface area contributed by atoms with Crippen molar-refractivity contribution in [3.05, 3.63) is 29.8 Å². The van der Waals surface area contributed by atoms with Crippen molar-refractivity contribution >= 4 is 17.6 Å². The van der Waals surface area contributed by atoms with Crippen LogP contribution in [0.15, 0.2) is 29.3 Å². The summed E-state index contributed by atoms with van der Waals surface area (Å²) in [6.45, 7) is 11.9. The van der Waals surface area contributed by atoms with E-state index in [1.54, 1.807) is 0 Å². The van der Waals surface area contributed by atoms with Crippen LogP contribution in [0.25, 0.3) is 0 Å². The molecule has 1 atom stereocenters. The van der Waals surface area contributed by atoms with E-state index in [0.717, 1.165) is 42.8 Å². The molecule has 5 heteroatoms. The average molecular weight is 345 g/mol. The Hall–Kier alpha value is -2.04. The highest BCUT2D eigenvalue weighted by Gasteiger charge is 2.19. The second-order valence-electron chi connectivity index (χ2n) is 7.20. The number of anilines is 1. The highest BCUT2D eigenvalue weighted by Crippen LogP contribution is 2.16. The Morgan fingerprint density at radius 1 is 1.32 bits per heavy atom. The number of aliphatic imine (C=N–C) groups is 1. The summed E-state index contributed by atoms with van der Waals surface area (Å²) in [5, 5.41) is 6.33. The van der Waals surface area contributed by atoms with Gasteiger partial charge in [-0.2, -0.15) is 0 Å². The molecule has 0 aliphatic carbocycles. The standard InChI is InChI=1S/C20H32N4O/c1-5-21-20(24-12-6-7-16(4)14-24)22-13-17-8-10-18(11-9-17)23-19(25)15(2)3/h8-11,15-16H,5-7,12-14H2,1-4H3,(H,21,22)(H,23,25). The van der Waals surface area contributed by atoms with Gasteiger partial charge in [-0.05, 0) is 43.4 Å². The summed E-state index contributed by atoms with van der Waals surface area (Å²) in [5.41, 5.74) is 1.98. The van der Waals surface area contributed by atoms with Crippen LogP contribution in [0.4, 0.5) is 5.69 Å². The summed E-state index contributed by atoms with van der Waals surface area (Å²) in [4.78, 5) is 18.9. The summed E-state index contributed by atoms with van der Waals surface area (Å²) >= 11 is 0. The number of benzene rings is 1. The summed E-state index contributed by atoms with van der Waals surface area (Å²) < 4.78 is 0. The normalized spacial score (nSPS) is 18.4. The number of guanidine groups is 1. The van der Waals surface area contributed by atoms with E-state index in [1.807, 2.05) is 38.1 Å². The molecule has 1 aliphatic heterocycles. The van der Waals surface area contributed by atoms with E-state index in [0.29, 0.717) is 6.54 Å². The molecule has 1 saturated heterocycles. The Labute approximate surface area is 151 Å². The monoisotopic (exact) mass is 344 g/mol. The second kappa shape index (κ2) is 9.44. The third-order valence-electron chi connectivity index (χ3n) is 4.45. The molecule has 2 N–H and O–H groups in total. The Balaban J connectivity index is 1.98. The van der Waals surface area contributed by atoms with Gasteiger partial charge in [0.2, 0.25) is 5.91 Å². The first-order valence-corrected chi connectivity index (χ1v) is 9.42. The van der Waals surface area contributed by atoms with Crippen LogP contribution in [0.5, 0.6) is 0 Å². The van der Waals surface area contributed by atoms with Gasteiger partial charge < -0.3 is 15.5 Å². The summed E-state index contributed by atoms with van der Waals surface area (Å²) in [7, 11) is 0. The zero-order chi connectivity index (χ0) is 18.2. The number of piperidine rings is 1. The number of hydrogen-bond acceptors (Lipinski definition) is 2. The summed E-state index contributed by atoms with van der Waals surface area (Å²) in [6.07, 6.45) is 2.54. The zero-order valence-corrected chi connectivity index (χ0v) is 16.0. The maximum atomic E-state index is 11.7. The van der Waals surface area contributed by atoms with E-state index in [2.05, 4.69) is 29.4 Å². The van der Waals surface area contributed by atoms with Crippen LogP contribution in [0.1, 0.15) is 46.1 Å². The molecule has 5 nitrogen and oxygen atoms in total. The number of carbonyl (C=O) groups excluding carboxylic acids is 1. The third kappa shape index (κ3) is 6.07. The number of amides is 1. The Kier molecular flexibility index (Phi) is 7.29. The van der Waals surface area contributed by atoms with Gasteiger partial charge in [0.15, 0.2) is 5.96 Å². The number of hydrogen-bond donors (Lipinski definition) is 2. The van der Waals surface area contributed by atoms with Crippen LogP contribution >= 0.6 is 0 Å². The lowest BCUT2D eigenvalue weighted by atomic mass is 10.0. The fourth-order valence-electron chi connectivity index (χ4n) is 2.95. The van der Waals surface area contributed by atoms with Gasteiger partial charge in [0.1, 0.15) is 0 Å². The molecule has 0 bridgehead atoms. The maximum Gasteiger partial charge on any atom is 0.226 e. The van der Waals surface area contributed by atoms with E-state index in [-0.39, 0.29) is 11.8 Å². The number of likely N-dealkylation sites (tertiary alicyclic amines) is 1. The quantitative estimate of drug-likeness (QED) is 0.635. The maximum absolute atomic E-state index is 11.7. The van der Waals surface area contributed by atoms with E-state index in [4.69, 9.17) is 4.99 Å². The van der Waals surface area contributed by atoms with Gasteiger partial charge >= 0.3 is 0 Å². The zero-order valence-electron chi connectivity index (χ0n) is 16.0. The predicted molar refractivity (Wildman–Crippen MR) is 105 cm³/mol. The smallest absolute Gasteiger partial charge is 0.226 e. The molecule has 1 fully saturated rings. The van der Waals surface area contributed by atoms with Gasteiger partial charge in [0, 0.05) is 31.2 Å². The third-order valence-corrected chi connectivity index (χ3v) is 4.45. The topological polar surface area (TPSA) is 56.7 Å². The van der Waals surface area contributed by atoms with Gasteiger partial charge in [-0.3, -0.25) is 4.79 Å². The lowest BCUT2D eigenvalue weighted by Crippen LogP contribution is -2.46. The molecule has 0 spiro atoms. The van der Waals surface area contributed by atoms with Crippen molar-refractivity contribution in [3.8, 4) is 0 Å². The number of nitrogens with zero attached hydrogens (tertiary/aromatic N) is 2. The van der Waals surface area contributed by atoms with Crippen molar-refractivity contribution in [2.24, 2.45) is 16.8 Å². The lowest BCUT2D eigenvalue weighted by molar-refractivity contribution is -0.118. The largest absolute Gasteiger partial charge is 0.357 e. The van der Waals surface area contributed by atoms with E-state index in [9.17, 15) is 4.79 Å². The van der Waals surface area contributed by atoms with Crippen molar-refractivity contribution in [2.75, 3.05) is 25.0 Å². The Bertz CT molecular complexity index is 580. The molecule has 1 amide bonds. The molecule has 1 heterocycles. The Morgan fingerprint density at radius 2 is 2.04 bits per heavy atom. The van der Waals surface area contributed by atoms with Crippen LogP contribution in [0, 0.1) is 11.8 Å². The number of nitrogens with one attached hydrogen (secondary N) is 2. The molecule has 0 saturated carbocycles. The average Bonchev–Trinajstić information content (AvgIpc) is 2.59. The van der Waals surface area contributed by atoms with Crippen LogP contribution in [-0.4, -0.2) is 36.4 Å². The molecular weight excluding hydrogens is 312 g/mol. The van der Waals surface area contributed by atoms with Crippen LogP contribution < -0.4 is 10.6 Å². The molecule has 1 aliphatic rings. The minimum atomic E-state index is -0.0149. The van der Waals surface area contributed by atoms with E-state index < -0.39 is 0 Å². The Morgan fingerprint density at radius 3 is 2.64 bits per heavy atom. The van der Waals surface area contributed by atoms with Crippen molar-refractivity contribution < 1.29 is 4.79 Å². The first kappa shape index (κ1) is 19.3. The minimum absolute atomic E-state index is 0.0149. The molecule has 1 aromatic rings. The number of carbonyl (C=O) groups is 1. The molecule has 0 radical (unpaired) electrons. The molecule has 1 unspecified atom stereocenters. The van der Waals surface area contributed by atoms with Crippen molar-refractivity contribution in [2.45, 2.75) is 47.1 Å². The van der Waals surface area contributed by atoms with Crippen LogP contribution in [0.2, 0.25) is 0 Å². The van der Waals surface area contributed by atoms with Crippen LogP contribution in [-0.2, 0) is 11.3 Å². The van der Waals surface area contributed by atoms with Crippen molar-refractivity contribution in [3.63, 3.8) is 0 Å². The van der Waals surface area contributed by atoms with E-state index in [1.165, 1.54) is 12.8 Å². The molecule has 0 aromatic heterocycles. The molecular formula is C20H32N4O. The minimum Gasteiger partial charge on any atom is -0.357 e. The lowest BCUT2D eigenvalue weighted by Gasteiger charge is -2.33. The highest BCUT2D eigenvalue weighted by atomic mass is 16.1. The summed E-state index contributed by atoms with van der Waals surface area (Å²) in [5.74, 6) is 1.76. The number of rotatable bonds is 5. The second-order valence-corrected chi connectivity index (χ2v) is 7.20. The fourth-order valence-corrected chi connectivity index (χ4v) is 2.95. The fraction of sp³-hybridized carbons (Fsp3) is 0.600. The first-order valence-electron chi connectivity index (χ1n) is 9.42. The van der Waals surface area contributed by atoms with Gasteiger partial charge in [0.05, 0.1) is 6.54 Å². The molecule has 2 rings (SSSR count). The van der Waals surface area contributed by atoms with Crippen molar-refractivity contribution in [1.29, 1.82) is 0 Å². The molecule has 138 valence electrons. The summed E-state index contributed by atoms with van der Waals surface area (Å²) in [6, 6.07) is 7.95. The van der Waals surface area contributed by atoms with Gasteiger partial charge in [-0.15, -0.1) is 0 Å². The van der Waals surface area contributed by atoms with Gasteiger partial charge in [-0.25, -0.2) is 4.99 Å². The van der Waals surface area contributed by atoms with Crippen LogP contribution in [0.3, 0.4) is 0 Å². The van der Waals surface area contributed by atoms with Gasteiger partial charge in [-0.1, -0.05) is 32.9 Å². The molecule has 1 aromatic carbocycles. The van der Waals surface area contributed by atoms with E-state index >= 15 is 0 Å². The van der Waals surface area contributed by atoms with Gasteiger partial charge in [0.25, 0.3) is 0 Å². The molecule has 25 heavy (non-hydrogen) atoms. The highest BCUT2D eigenvalue weighted by molar-refractivity contribution is 5.92.